The predicted molar refractivity (Wildman–Crippen MR) is 107 cm³/mol. The van der Waals surface area contributed by atoms with Gasteiger partial charge >= 0.3 is 0 Å². The summed E-state index contributed by atoms with van der Waals surface area (Å²) in [4.78, 5) is 28.9. The Morgan fingerprint density at radius 3 is 2.29 bits per heavy atom. The zero-order chi connectivity index (χ0) is 20.3. The molecule has 28 heavy (non-hydrogen) atoms. The number of nitrogens with one attached hydrogen (secondary N) is 2. The molecular weight excluding hydrogens is 381 g/mol. The lowest BCUT2D eigenvalue weighted by Gasteiger charge is -2.10. The molecule has 7 heteroatoms. The van der Waals surface area contributed by atoms with Gasteiger partial charge in [-0.1, -0.05) is 23.7 Å². The first-order valence-electron chi connectivity index (χ1n) is 8.43. The lowest BCUT2D eigenvalue weighted by molar-refractivity contribution is 0.102. The van der Waals surface area contributed by atoms with E-state index in [4.69, 9.17) is 11.6 Å². The monoisotopic (exact) mass is 397 g/mol. The number of aryl methyl sites for hydroxylation is 2. The molecular formula is C21H17ClFN3O2. The number of aromatic nitrogens is 1. The summed E-state index contributed by atoms with van der Waals surface area (Å²) in [5, 5.41) is 5.32. The molecule has 0 spiro atoms. The largest absolute Gasteiger partial charge is 0.322 e. The van der Waals surface area contributed by atoms with Crippen LogP contribution in [0.3, 0.4) is 0 Å². The third-order valence-electron chi connectivity index (χ3n) is 4.08. The zero-order valence-corrected chi connectivity index (χ0v) is 16.0. The van der Waals surface area contributed by atoms with Crippen molar-refractivity contribution in [2.45, 2.75) is 13.8 Å². The van der Waals surface area contributed by atoms with Gasteiger partial charge in [0.25, 0.3) is 11.8 Å². The minimum absolute atomic E-state index is 0.0995. The number of hydrogen-bond acceptors (Lipinski definition) is 3. The predicted octanol–water partition coefficient (Wildman–Crippen LogP) is 5.00. The van der Waals surface area contributed by atoms with Crippen LogP contribution in [0, 0.1) is 19.7 Å². The summed E-state index contributed by atoms with van der Waals surface area (Å²) in [6.07, 6.45) is 2.72. The van der Waals surface area contributed by atoms with E-state index in [2.05, 4.69) is 15.6 Å². The first-order chi connectivity index (χ1) is 13.3. The van der Waals surface area contributed by atoms with E-state index in [9.17, 15) is 14.0 Å². The maximum Gasteiger partial charge on any atom is 0.257 e. The van der Waals surface area contributed by atoms with Gasteiger partial charge in [0.05, 0.1) is 16.1 Å². The molecule has 1 aromatic heterocycles. The SMILES string of the molecule is Cc1ccc(C)c(NC(=O)c2cncc(C(=O)Nc3ccc(F)c(Cl)c3)c2)c1. The number of carbonyl (C=O) groups is 2. The Labute approximate surface area is 166 Å². The van der Waals surface area contributed by atoms with Crippen molar-refractivity contribution in [3.63, 3.8) is 0 Å². The number of anilines is 2. The van der Waals surface area contributed by atoms with Crippen molar-refractivity contribution in [1.82, 2.24) is 4.98 Å². The van der Waals surface area contributed by atoms with E-state index in [1.807, 2.05) is 32.0 Å². The smallest absolute Gasteiger partial charge is 0.257 e. The number of amides is 2. The highest BCUT2D eigenvalue weighted by Gasteiger charge is 2.13. The Hall–Kier alpha value is -3.25. The second kappa shape index (κ2) is 8.19. The first kappa shape index (κ1) is 19.5. The third-order valence-corrected chi connectivity index (χ3v) is 4.37. The number of carbonyl (C=O) groups excluding carboxylic acids is 2. The van der Waals surface area contributed by atoms with Gasteiger partial charge in [-0.3, -0.25) is 14.6 Å². The second-order valence-corrected chi connectivity index (χ2v) is 6.73. The van der Waals surface area contributed by atoms with Gasteiger partial charge in [-0.05, 0) is 55.3 Å². The Balaban J connectivity index is 1.77. The lowest BCUT2D eigenvalue weighted by atomic mass is 10.1. The molecule has 0 saturated carbocycles. The number of nitrogens with zero attached hydrogens (tertiary/aromatic N) is 1. The van der Waals surface area contributed by atoms with Crippen LogP contribution in [0.5, 0.6) is 0 Å². The highest BCUT2D eigenvalue weighted by atomic mass is 35.5. The lowest BCUT2D eigenvalue weighted by Crippen LogP contribution is -2.16. The van der Waals surface area contributed by atoms with Crippen LogP contribution < -0.4 is 10.6 Å². The van der Waals surface area contributed by atoms with Crippen LogP contribution in [0.25, 0.3) is 0 Å². The molecule has 3 aromatic rings. The molecule has 0 aliphatic carbocycles. The third kappa shape index (κ3) is 4.53. The minimum Gasteiger partial charge on any atom is -0.322 e. The van der Waals surface area contributed by atoms with Crippen molar-refractivity contribution in [1.29, 1.82) is 0 Å². The molecule has 0 aliphatic rings. The van der Waals surface area contributed by atoms with Crippen LogP contribution in [-0.2, 0) is 0 Å². The summed E-state index contributed by atoms with van der Waals surface area (Å²) in [6.45, 7) is 3.83. The molecule has 0 atom stereocenters. The van der Waals surface area contributed by atoms with Crippen LogP contribution >= 0.6 is 11.6 Å². The number of rotatable bonds is 4. The number of halogens is 2. The quantitative estimate of drug-likeness (QED) is 0.651. The molecule has 0 saturated heterocycles. The molecule has 5 nitrogen and oxygen atoms in total. The van der Waals surface area contributed by atoms with Crippen LogP contribution in [-0.4, -0.2) is 16.8 Å². The molecule has 0 fully saturated rings. The van der Waals surface area contributed by atoms with Crippen molar-refractivity contribution >= 4 is 34.8 Å². The van der Waals surface area contributed by atoms with Gasteiger partial charge < -0.3 is 10.6 Å². The molecule has 3 rings (SSSR count). The van der Waals surface area contributed by atoms with Gasteiger partial charge in [0, 0.05) is 23.8 Å². The summed E-state index contributed by atoms with van der Waals surface area (Å²) < 4.78 is 13.2. The number of hydrogen-bond donors (Lipinski definition) is 2. The minimum atomic E-state index is -0.577. The van der Waals surface area contributed by atoms with Crippen LogP contribution in [0.1, 0.15) is 31.8 Å². The molecule has 142 valence electrons. The molecule has 0 unspecified atom stereocenters. The van der Waals surface area contributed by atoms with Gasteiger partial charge in [-0.25, -0.2) is 4.39 Å². The fourth-order valence-corrected chi connectivity index (χ4v) is 2.71. The van der Waals surface area contributed by atoms with E-state index in [0.717, 1.165) is 17.2 Å². The van der Waals surface area contributed by atoms with E-state index in [1.165, 1.54) is 30.6 Å². The van der Waals surface area contributed by atoms with Crippen molar-refractivity contribution in [3.05, 3.63) is 88.0 Å². The Kier molecular flexibility index (Phi) is 5.70. The molecule has 2 amide bonds. The van der Waals surface area contributed by atoms with Gasteiger partial charge in [-0.15, -0.1) is 0 Å². The van der Waals surface area contributed by atoms with Gasteiger partial charge in [0.1, 0.15) is 5.82 Å². The fraction of sp³-hybridized carbons (Fsp3) is 0.0952. The molecule has 1 heterocycles. The average Bonchev–Trinajstić information content (AvgIpc) is 2.67. The highest BCUT2D eigenvalue weighted by molar-refractivity contribution is 6.31. The molecule has 2 aromatic carbocycles. The maximum atomic E-state index is 13.2. The van der Waals surface area contributed by atoms with Gasteiger partial charge in [0.2, 0.25) is 0 Å². The summed E-state index contributed by atoms with van der Waals surface area (Å²) in [5.74, 6) is -1.44. The van der Waals surface area contributed by atoms with Crippen LogP contribution in [0.2, 0.25) is 5.02 Å². The van der Waals surface area contributed by atoms with Gasteiger partial charge in [0.15, 0.2) is 0 Å². The topological polar surface area (TPSA) is 71.1 Å². The van der Waals surface area contributed by atoms with Crippen molar-refractivity contribution in [2.24, 2.45) is 0 Å². The van der Waals surface area contributed by atoms with Crippen molar-refractivity contribution in [2.75, 3.05) is 10.6 Å². The van der Waals surface area contributed by atoms with E-state index in [1.54, 1.807) is 0 Å². The molecule has 0 aliphatic heterocycles. The van der Waals surface area contributed by atoms with E-state index in [0.29, 0.717) is 11.4 Å². The Morgan fingerprint density at radius 2 is 1.61 bits per heavy atom. The molecule has 0 radical (unpaired) electrons. The zero-order valence-electron chi connectivity index (χ0n) is 15.2. The van der Waals surface area contributed by atoms with Crippen molar-refractivity contribution < 1.29 is 14.0 Å². The first-order valence-corrected chi connectivity index (χ1v) is 8.81. The maximum absolute atomic E-state index is 13.2. The summed E-state index contributed by atoms with van der Waals surface area (Å²) in [7, 11) is 0. The summed E-state index contributed by atoms with van der Waals surface area (Å²) >= 11 is 5.72. The summed E-state index contributed by atoms with van der Waals surface area (Å²) in [5.41, 5.74) is 3.40. The van der Waals surface area contributed by atoms with Gasteiger partial charge in [-0.2, -0.15) is 0 Å². The second-order valence-electron chi connectivity index (χ2n) is 6.32. The highest BCUT2D eigenvalue weighted by Crippen LogP contribution is 2.20. The average molecular weight is 398 g/mol. The number of pyridine rings is 1. The van der Waals surface area contributed by atoms with E-state index in [-0.39, 0.29) is 22.1 Å². The normalized spacial score (nSPS) is 10.4. The molecule has 2 N–H and O–H groups in total. The Bertz CT molecular complexity index is 1070. The fourth-order valence-electron chi connectivity index (χ4n) is 2.53. The van der Waals surface area contributed by atoms with Crippen molar-refractivity contribution in [3.8, 4) is 0 Å². The van der Waals surface area contributed by atoms with Crippen LogP contribution in [0.4, 0.5) is 15.8 Å². The standard InChI is InChI=1S/C21H17ClFN3O2/c1-12-3-4-13(2)19(7-12)26-21(28)15-8-14(10-24-11-15)20(27)25-16-5-6-18(23)17(22)9-16/h3-11H,1-2H3,(H,25,27)(H,26,28). The Morgan fingerprint density at radius 1 is 0.929 bits per heavy atom. The number of benzene rings is 2. The van der Waals surface area contributed by atoms with Crippen LogP contribution in [0.15, 0.2) is 54.9 Å². The summed E-state index contributed by atoms with van der Waals surface area (Å²) in [6, 6.07) is 11.0. The van der Waals surface area contributed by atoms with E-state index >= 15 is 0 Å². The van der Waals surface area contributed by atoms with E-state index < -0.39 is 11.7 Å². The molecule has 0 bridgehead atoms.